The molecule has 0 bridgehead atoms. The lowest BCUT2D eigenvalue weighted by molar-refractivity contribution is -0.116. The number of carbonyl (C=O) groups excluding carboxylic acids is 1. The minimum absolute atomic E-state index is 0.0614. The van der Waals surface area contributed by atoms with Crippen molar-refractivity contribution < 1.29 is 4.79 Å². The van der Waals surface area contributed by atoms with Gasteiger partial charge < -0.3 is 15.6 Å². The number of carbonyl (C=O) groups is 1. The topological polar surface area (TPSA) is 90.0 Å². The summed E-state index contributed by atoms with van der Waals surface area (Å²) in [5.74, 6) is -0.270. The Morgan fingerprint density at radius 3 is 3.00 bits per heavy atom. The van der Waals surface area contributed by atoms with Crippen LogP contribution in [-0.2, 0) is 24.2 Å². The molecule has 1 aliphatic rings. The van der Waals surface area contributed by atoms with Gasteiger partial charge in [0.25, 0.3) is 5.56 Å². The number of hydrogen-bond acceptors (Lipinski definition) is 5. The van der Waals surface area contributed by atoms with Crippen molar-refractivity contribution in [1.29, 1.82) is 0 Å². The normalized spacial score (nSPS) is 13.7. The molecule has 0 atom stereocenters. The number of hydrogen-bond donors (Lipinski definition) is 2. The van der Waals surface area contributed by atoms with Gasteiger partial charge in [-0.3, -0.25) is 9.59 Å². The first kappa shape index (κ1) is 13.8. The van der Waals surface area contributed by atoms with Gasteiger partial charge in [0.15, 0.2) is 5.13 Å². The number of fused-ring (bicyclic) bond motifs is 1. The predicted octanol–water partition coefficient (Wildman–Crippen LogP) is 1.40. The van der Waals surface area contributed by atoms with Crippen LogP contribution < -0.4 is 16.6 Å². The standard InChI is InChI=1S/C14H16N4O2S/c15-9-5-6-13(20)18(7-9)8-12(19)17-14-16-10-3-1-2-4-11(10)21-14/h5-7H,1-4,8,15H2,(H,16,17,19). The third kappa shape index (κ3) is 3.13. The number of aryl methyl sites for hydroxylation is 2. The number of thiazole rings is 1. The van der Waals surface area contributed by atoms with Crippen molar-refractivity contribution >= 4 is 28.1 Å². The Labute approximate surface area is 125 Å². The highest BCUT2D eigenvalue weighted by atomic mass is 32.1. The number of nitrogens with zero attached hydrogens (tertiary/aromatic N) is 2. The van der Waals surface area contributed by atoms with E-state index in [0.717, 1.165) is 25.0 Å². The molecule has 2 aromatic heterocycles. The fourth-order valence-electron chi connectivity index (χ4n) is 2.39. The summed E-state index contributed by atoms with van der Waals surface area (Å²) in [5.41, 5.74) is 6.92. The zero-order chi connectivity index (χ0) is 14.8. The fraction of sp³-hybridized carbons (Fsp3) is 0.357. The number of rotatable bonds is 3. The van der Waals surface area contributed by atoms with E-state index in [9.17, 15) is 9.59 Å². The van der Waals surface area contributed by atoms with E-state index < -0.39 is 0 Å². The average Bonchev–Trinajstić information content (AvgIpc) is 2.84. The molecule has 0 aliphatic heterocycles. The molecule has 110 valence electrons. The van der Waals surface area contributed by atoms with Crippen LogP contribution in [0.25, 0.3) is 0 Å². The maximum atomic E-state index is 12.0. The van der Waals surface area contributed by atoms with Crippen molar-refractivity contribution in [2.75, 3.05) is 11.1 Å². The molecule has 21 heavy (non-hydrogen) atoms. The minimum atomic E-state index is -0.270. The first-order valence-corrected chi connectivity index (χ1v) is 7.68. The molecule has 1 amide bonds. The summed E-state index contributed by atoms with van der Waals surface area (Å²) < 4.78 is 1.29. The molecule has 3 rings (SSSR count). The van der Waals surface area contributed by atoms with Crippen LogP contribution in [0.2, 0.25) is 0 Å². The molecule has 1 aliphatic carbocycles. The first-order chi connectivity index (χ1) is 10.1. The van der Waals surface area contributed by atoms with Crippen molar-refractivity contribution in [1.82, 2.24) is 9.55 Å². The van der Waals surface area contributed by atoms with Crippen LogP contribution in [0.1, 0.15) is 23.4 Å². The van der Waals surface area contributed by atoms with Gasteiger partial charge in [-0.15, -0.1) is 11.3 Å². The minimum Gasteiger partial charge on any atom is -0.398 e. The van der Waals surface area contributed by atoms with Crippen LogP contribution in [0.4, 0.5) is 10.8 Å². The number of pyridine rings is 1. The average molecular weight is 304 g/mol. The molecule has 3 N–H and O–H groups in total. The molecule has 0 spiro atoms. The molecule has 0 saturated carbocycles. The van der Waals surface area contributed by atoms with Crippen molar-refractivity contribution in [2.24, 2.45) is 0 Å². The van der Waals surface area contributed by atoms with Crippen LogP contribution >= 0.6 is 11.3 Å². The van der Waals surface area contributed by atoms with Gasteiger partial charge >= 0.3 is 0 Å². The summed E-state index contributed by atoms with van der Waals surface area (Å²) in [5, 5.41) is 3.38. The van der Waals surface area contributed by atoms with Crippen LogP contribution in [0.15, 0.2) is 23.1 Å². The number of amides is 1. The summed E-state index contributed by atoms with van der Waals surface area (Å²) >= 11 is 1.53. The Bertz CT molecular complexity index is 711. The second-order valence-electron chi connectivity index (χ2n) is 5.07. The van der Waals surface area contributed by atoms with Crippen LogP contribution in [0, 0.1) is 0 Å². The summed E-state index contributed by atoms with van der Waals surface area (Å²) in [6, 6.07) is 2.87. The molecule has 6 nitrogen and oxygen atoms in total. The summed E-state index contributed by atoms with van der Waals surface area (Å²) in [4.78, 5) is 29.4. The lowest BCUT2D eigenvalue weighted by atomic mass is 10.0. The van der Waals surface area contributed by atoms with Crippen LogP contribution in [0.3, 0.4) is 0 Å². The lowest BCUT2D eigenvalue weighted by Crippen LogP contribution is -2.27. The molecule has 0 saturated heterocycles. The van der Waals surface area contributed by atoms with Crippen molar-refractivity contribution in [3.8, 4) is 0 Å². The van der Waals surface area contributed by atoms with Crippen molar-refractivity contribution in [2.45, 2.75) is 32.2 Å². The van der Waals surface area contributed by atoms with Crippen molar-refractivity contribution in [3.05, 3.63) is 39.3 Å². The van der Waals surface area contributed by atoms with Gasteiger partial charge in [-0.05, 0) is 31.7 Å². The monoisotopic (exact) mass is 304 g/mol. The molecule has 0 unspecified atom stereocenters. The van der Waals surface area contributed by atoms with Crippen LogP contribution in [0.5, 0.6) is 0 Å². The smallest absolute Gasteiger partial charge is 0.251 e. The van der Waals surface area contributed by atoms with E-state index in [1.807, 2.05) is 0 Å². The Hall–Kier alpha value is -2.15. The van der Waals surface area contributed by atoms with Gasteiger partial charge in [0, 0.05) is 22.8 Å². The van der Waals surface area contributed by atoms with E-state index in [2.05, 4.69) is 10.3 Å². The highest BCUT2D eigenvalue weighted by molar-refractivity contribution is 7.15. The summed E-state index contributed by atoms with van der Waals surface area (Å²) in [6.45, 7) is -0.0614. The largest absolute Gasteiger partial charge is 0.398 e. The van der Waals surface area contributed by atoms with E-state index >= 15 is 0 Å². The molecule has 0 fully saturated rings. The molecule has 2 aromatic rings. The van der Waals surface area contributed by atoms with Crippen LogP contribution in [-0.4, -0.2) is 15.5 Å². The van der Waals surface area contributed by atoms with Gasteiger partial charge in [-0.2, -0.15) is 0 Å². The molecule has 0 aromatic carbocycles. The van der Waals surface area contributed by atoms with E-state index in [0.29, 0.717) is 10.8 Å². The lowest BCUT2D eigenvalue weighted by Gasteiger charge is -2.06. The third-order valence-electron chi connectivity index (χ3n) is 3.41. The SMILES string of the molecule is Nc1ccc(=O)n(CC(=O)Nc2nc3c(s2)CCCC3)c1. The molecular formula is C14H16N4O2S. The van der Waals surface area contributed by atoms with E-state index in [1.165, 1.54) is 45.5 Å². The second-order valence-corrected chi connectivity index (χ2v) is 6.16. The van der Waals surface area contributed by atoms with Crippen molar-refractivity contribution in [3.63, 3.8) is 0 Å². The predicted molar refractivity (Wildman–Crippen MR) is 82.5 cm³/mol. The summed E-state index contributed by atoms with van der Waals surface area (Å²) in [7, 11) is 0. The van der Waals surface area contributed by atoms with Gasteiger partial charge in [0.05, 0.1) is 5.69 Å². The Kier molecular flexibility index (Phi) is 3.74. The highest BCUT2D eigenvalue weighted by Gasteiger charge is 2.16. The third-order valence-corrected chi connectivity index (χ3v) is 4.49. The first-order valence-electron chi connectivity index (χ1n) is 6.86. The molecule has 0 radical (unpaired) electrons. The van der Waals surface area contributed by atoms with Gasteiger partial charge in [0.1, 0.15) is 6.54 Å². The second kappa shape index (κ2) is 5.69. The number of nitrogens with two attached hydrogens (primary N) is 1. The van der Waals surface area contributed by atoms with E-state index in [4.69, 9.17) is 5.73 Å². The molecule has 7 heteroatoms. The van der Waals surface area contributed by atoms with E-state index in [1.54, 1.807) is 0 Å². The van der Waals surface area contributed by atoms with Gasteiger partial charge in [-0.25, -0.2) is 4.98 Å². The number of anilines is 2. The van der Waals surface area contributed by atoms with E-state index in [-0.39, 0.29) is 18.0 Å². The Morgan fingerprint density at radius 2 is 2.19 bits per heavy atom. The molecule has 2 heterocycles. The Morgan fingerprint density at radius 1 is 1.38 bits per heavy atom. The number of aromatic nitrogens is 2. The van der Waals surface area contributed by atoms with Gasteiger partial charge in [-0.1, -0.05) is 0 Å². The maximum Gasteiger partial charge on any atom is 0.251 e. The zero-order valence-corrected chi connectivity index (χ0v) is 12.3. The van der Waals surface area contributed by atoms with Gasteiger partial charge in [0.2, 0.25) is 5.91 Å². The number of nitrogens with one attached hydrogen (secondary N) is 1. The number of nitrogen functional groups attached to an aromatic ring is 1. The highest BCUT2D eigenvalue weighted by Crippen LogP contribution is 2.29. The quantitative estimate of drug-likeness (QED) is 0.897. The zero-order valence-electron chi connectivity index (χ0n) is 11.5. The fourth-order valence-corrected chi connectivity index (χ4v) is 3.46. The maximum absolute atomic E-state index is 12.0. The summed E-state index contributed by atoms with van der Waals surface area (Å²) in [6.07, 6.45) is 5.83. The molecular weight excluding hydrogens is 288 g/mol. The Balaban J connectivity index is 1.70.